The van der Waals surface area contributed by atoms with Gasteiger partial charge in [-0.3, -0.25) is 4.79 Å². The van der Waals surface area contributed by atoms with Crippen LogP contribution in [0.15, 0.2) is 0 Å². The number of hydrogen-bond acceptors (Lipinski definition) is 2. The van der Waals surface area contributed by atoms with Gasteiger partial charge in [0.1, 0.15) is 0 Å². The molecule has 0 aliphatic heterocycles. The molecule has 0 aromatic rings. The molecule has 0 saturated heterocycles. The molecule has 0 radical (unpaired) electrons. The van der Waals surface area contributed by atoms with Gasteiger partial charge < -0.3 is 4.74 Å². The Morgan fingerprint density at radius 3 is 2.07 bits per heavy atom. The molecule has 0 bridgehead atoms. The molecule has 0 N–H and O–H groups in total. The van der Waals surface area contributed by atoms with Crippen LogP contribution in [-0.2, 0) is 9.53 Å². The first kappa shape index (κ1) is 13.5. The van der Waals surface area contributed by atoms with Gasteiger partial charge in [0.05, 0.1) is 12.5 Å². The Bertz CT molecular complexity index is 181. The van der Waals surface area contributed by atoms with Crippen LogP contribution in [0.4, 0.5) is 0 Å². The second-order valence-electron chi connectivity index (χ2n) is 5.48. The second kappa shape index (κ2) is 5.38. The maximum atomic E-state index is 11.4. The van der Waals surface area contributed by atoms with E-state index in [1.165, 1.54) is 0 Å². The van der Waals surface area contributed by atoms with Crippen LogP contribution in [0.5, 0.6) is 0 Å². The van der Waals surface area contributed by atoms with Gasteiger partial charge >= 0.3 is 5.97 Å². The fourth-order valence-electron chi connectivity index (χ4n) is 1.87. The number of rotatable bonds is 5. The van der Waals surface area contributed by atoms with E-state index in [1.54, 1.807) is 0 Å². The largest absolute Gasteiger partial charge is 0.463 e. The van der Waals surface area contributed by atoms with Crippen LogP contribution >= 0.6 is 0 Å². The number of hydrogen-bond donors (Lipinski definition) is 0. The van der Waals surface area contributed by atoms with Crippen molar-refractivity contribution in [1.82, 2.24) is 0 Å². The normalized spacial score (nSPS) is 12.3. The van der Waals surface area contributed by atoms with Gasteiger partial charge in [0.25, 0.3) is 0 Å². The first-order chi connectivity index (χ1) is 6.23. The van der Waals surface area contributed by atoms with Crippen LogP contribution in [0.3, 0.4) is 0 Å². The van der Waals surface area contributed by atoms with E-state index < -0.39 is 0 Å². The minimum Gasteiger partial charge on any atom is -0.463 e. The van der Waals surface area contributed by atoms with E-state index >= 15 is 0 Å². The molecule has 0 fully saturated rings. The van der Waals surface area contributed by atoms with Gasteiger partial charge in [-0.25, -0.2) is 0 Å². The fourth-order valence-corrected chi connectivity index (χ4v) is 1.87. The lowest BCUT2D eigenvalue weighted by atomic mass is 9.81. The molecule has 0 aromatic heterocycles. The highest BCUT2D eigenvalue weighted by molar-refractivity contribution is 5.70. The molecule has 0 atom stereocenters. The molecule has 2 heteroatoms. The van der Waals surface area contributed by atoms with Crippen molar-refractivity contribution in [3.63, 3.8) is 0 Å². The van der Waals surface area contributed by atoms with Gasteiger partial charge in [0.15, 0.2) is 0 Å². The van der Waals surface area contributed by atoms with E-state index in [0.29, 0.717) is 12.3 Å². The molecule has 0 heterocycles. The topological polar surface area (TPSA) is 26.3 Å². The van der Waals surface area contributed by atoms with E-state index in [2.05, 4.69) is 27.7 Å². The summed E-state index contributed by atoms with van der Waals surface area (Å²) in [5, 5.41) is 0. The molecule has 14 heavy (non-hydrogen) atoms. The van der Waals surface area contributed by atoms with Crippen LogP contribution in [-0.4, -0.2) is 12.1 Å². The molecule has 0 unspecified atom stereocenters. The average molecular weight is 200 g/mol. The molecule has 0 amide bonds. The first-order valence-corrected chi connectivity index (χ1v) is 5.42. The predicted molar refractivity (Wildman–Crippen MR) is 59.1 cm³/mol. The van der Waals surface area contributed by atoms with Crippen molar-refractivity contribution in [3.05, 3.63) is 0 Å². The van der Waals surface area contributed by atoms with Crippen molar-refractivity contribution in [1.29, 1.82) is 0 Å². The van der Waals surface area contributed by atoms with Crippen LogP contribution in [0.1, 0.15) is 54.4 Å². The molecule has 2 nitrogen and oxygen atoms in total. The molecule has 0 saturated carbocycles. The van der Waals surface area contributed by atoms with Crippen molar-refractivity contribution in [2.24, 2.45) is 11.3 Å². The van der Waals surface area contributed by atoms with Crippen LogP contribution in [0.25, 0.3) is 0 Å². The lowest BCUT2D eigenvalue weighted by molar-refractivity contribution is -0.149. The van der Waals surface area contributed by atoms with E-state index in [4.69, 9.17) is 4.74 Å². The van der Waals surface area contributed by atoms with Gasteiger partial charge in [0, 0.05) is 0 Å². The average Bonchev–Trinajstić information content (AvgIpc) is 1.77. The molecule has 84 valence electrons. The maximum Gasteiger partial charge on any atom is 0.306 e. The molecular weight excluding hydrogens is 176 g/mol. The Hall–Kier alpha value is -0.530. The van der Waals surface area contributed by atoms with Crippen molar-refractivity contribution in [2.45, 2.75) is 60.5 Å². The second-order valence-corrected chi connectivity index (χ2v) is 5.48. The highest BCUT2D eigenvalue weighted by Gasteiger charge is 2.24. The standard InChI is InChI=1S/C12H24O2/c1-9(2)7-12(5,6)8-11(13)14-10(3)4/h9-10H,7-8H2,1-6H3. The minimum atomic E-state index is -0.0781. The Labute approximate surface area is 88.0 Å². The predicted octanol–water partition coefficient (Wildman–Crippen LogP) is 3.40. The zero-order valence-electron chi connectivity index (χ0n) is 10.4. The third kappa shape index (κ3) is 6.93. The summed E-state index contributed by atoms with van der Waals surface area (Å²) in [4.78, 5) is 11.4. The summed E-state index contributed by atoms with van der Waals surface area (Å²) in [5.74, 6) is 0.544. The number of esters is 1. The van der Waals surface area contributed by atoms with Crippen LogP contribution < -0.4 is 0 Å². The van der Waals surface area contributed by atoms with Crippen molar-refractivity contribution < 1.29 is 9.53 Å². The third-order valence-corrected chi connectivity index (χ3v) is 1.95. The van der Waals surface area contributed by atoms with Crippen LogP contribution in [0, 0.1) is 11.3 Å². The Morgan fingerprint density at radius 2 is 1.71 bits per heavy atom. The summed E-state index contributed by atoms with van der Waals surface area (Å²) in [6.07, 6.45) is 1.57. The third-order valence-electron chi connectivity index (χ3n) is 1.95. The van der Waals surface area contributed by atoms with E-state index in [-0.39, 0.29) is 17.5 Å². The minimum absolute atomic E-state index is 0.00245. The van der Waals surface area contributed by atoms with Gasteiger partial charge in [-0.15, -0.1) is 0 Å². The summed E-state index contributed by atoms with van der Waals surface area (Å²) in [7, 11) is 0. The molecular formula is C12H24O2. The Kier molecular flexibility index (Phi) is 5.17. The zero-order valence-corrected chi connectivity index (χ0v) is 10.4. The van der Waals surface area contributed by atoms with E-state index in [9.17, 15) is 4.79 Å². The van der Waals surface area contributed by atoms with Gasteiger partial charge in [-0.2, -0.15) is 0 Å². The molecule has 0 aliphatic carbocycles. The monoisotopic (exact) mass is 200 g/mol. The SMILES string of the molecule is CC(C)CC(C)(C)CC(=O)OC(C)C. The highest BCUT2D eigenvalue weighted by Crippen LogP contribution is 2.29. The molecule has 0 aromatic carbocycles. The van der Waals surface area contributed by atoms with Crippen LogP contribution in [0.2, 0.25) is 0 Å². The number of carbonyl (C=O) groups excluding carboxylic acids is 1. The summed E-state index contributed by atoms with van der Waals surface area (Å²) in [5.41, 5.74) is 0.0557. The fraction of sp³-hybridized carbons (Fsp3) is 0.917. The van der Waals surface area contributed by atoms with E-state index in [1.807, 2.05) is 13.8 Å². The summed E-state index contributed by atoms with van der Waals surface area (Å²) >= 11 is 0. The number of ether oxygens (including phenoxy) is 1. The lowest BCUT2D eigenvalue weighted by Crippen LogP contribution is -2.22. The number of carbonyl (C=O) groups is 1. The van der Waals surface area contributed by atoms with Gasteiger partial charge in [-0.1, -0.05) is 27.7 Å². The summed E-state index contributed by atoms with van der Waals surface area (Å²) < 4.78 is 5.13. The maximum absolute atomic E-state index is 11.4. The van der Waals surface area contributed by atoms with Crippen molar-refractivity contribution >= 4 is 5.97 Å². The quantitative estimate of drug-likeness (QED) is 0.636. The highest BCUT2D eigenvalue weighted by atomic mass is 16.5. The van der Waals surface area contributed by atoms with E-state index in [0.717, 1.165) is 6.42 Å². The Morgan fingerprint density at radius 1 is 1.21 bits per heavy atom. The first-order valence-electron chi connectivity index (χ1n) is 5.42. The van der Waals surface area contributed by atoms with Gasteiger partial charge in [-0.05, 0) is 31.6 Å². The van der Waals surface area contributed by atoms with Gasteiger partial charge in [0.2, 0.25) is 0 Å². The summed E-state index contributed by atoms with van der Waals surface area (Å²) in [6.45, 7) is 12.4. The molecule has 0 aliphatic rings. The molecule has 0 spiro atoms. The van der Waals surface area contributed by atoms with Crippen molar-refractivity contribution in [2.75, 3.05) is 0 Å². The molecule has 0 rings (SSSR count). The Balaban J connectivity index is 4.01. The van der Waals surface area contributed by atoms with Crippen molar-refractivity contribution in [3.8, 4) is 0 Å². The lowest BCUT2D eigenvalue weighted by Gasteiger charge is -2.25. The zero-order chi connectivity index (χ0) is 11.4. The smallest absolute Gasteiger partial charge is 0.306 e. The summed E-state index contributed by atoms with van der Waals surface area (Å²) in [6, 6.07) is 0.